The minimum Gasteiger partial charge on any atom is -0.312 e. The van der Waals surface area contributed by atoms with Crippen molar-refractivity contribution in [2.24, 2.45) is 0 Å². The van der Waals surface area contributed by atoms with Crippen LogP contribution in [-0.2, 0) is 26.4 Å². The number of aryl methyl sites for hydroxylation is 1. The number of hydrogen-bond donors (Lipinski definition) is 2. The summed E-state index contributed by atoms with van der Waals surface area (Å²) in [7, 11) is -6.76. The molecule has 0 amide bonds. The molecular formula is C12H20N2O4S3. The number of hydrogen-bond acceptors (Lipinski definition) is 6. The van der Waals surface area contributed by atoms with Gasteiger partial charge in [0.2, 0.25) is 10.0 Å². The molecule has 2 rings (SSSR count). The molecule has 9 heteroatoms. The fourth-order valence-electron chi connectivity index (χ4n) is 2.30. The molecule has 1 unspecified atom stereocenters. The predicted octanol–water partition coefficient (Wildman–Crippen LogP) is 0.631. The van der Waals surface area contributed by atoms with Crippen LogP contribution in [0.15, 0.2) is 11.0 Å². The SMILES string of the molecule is CCNCc1cc(S(=O)(=O)NC2CCS(=O)(=O)C2)c(C)s1. The first-order valence-electron chi connectivity index (χ1n) is 6.76. The zero-order chi connectivity index (χ0) is 15.7. The van der Waals surface area contributed by atoms with E-state index < -0.39 is 25.9 Å². The molecule has 1 aliphatic rings. The van der Waals surface area contributed by atoms with Crippen molar-refractivity contribution in [3.63, 3.8) is 0 Å². The van der Waals surface area contributed by atoms with E-state index in [2.05, 4.69) is 10.0 Å². The van der Waals surface area contributed by atoms with E-state index in [0.29, 0.717) is 13.0 Å². The molecule has 0 spiro atoms. The van der Waals surface area contributed by atoms with Crippen LogP contribution in [0.1, 0.15) is 23.1 Å². The van der Waals surface area contributed by atoms with Gasteiger partial charge in [0.25, 0.3) is 0 Å². The summed E-state index contributed by atoms with van der Waals surface area (Å²) in [6, 6.07) is 1.14. The van der Waals surface area contributed by atoms with Crippen LogP contribution in [0.3, 0.4) is 0 Å². The molecule has 6 nitrogen and oxygen atoms in total. The molecular weight excluding hydrogens is 332 g/mol. The van der Waals surface area contributed by atoms with Crippen LogP contribution in [0.25, 0.3) is 0 Å². The zero-order valence-corrected chi connectivity index (χ0v) is 14.5. The molecule has 0 aromatic carbocycles. The van der Waals surface area contributed by atoms with Crippen molar-refractivity contribution in [1.82, 2.24) is 10.0 Å². The van der Waals surface area contributed by atoms with Crippen molar-refractivity contribution in [1.29, 1.82) is 0 Å². The van der Waals surface area contributed by atoms with Gasteiger partial charge in [0.1, 0.15) is 0 Å². The summed E-state index contributed by atoms with van der Waals surface area (Å²) in [4.78, 5) is 1.93. The molecule has 1 fully saturated rings. The lowest BCUT2D eigenvalue weighted by molar-refractivity contribution is 0.562. The van der Waals surface area contributed by atoms with Gasteiger partial charge >= 0.3 is 0 Å². The molecule has 0 aliphatic carbocycles. The Labute approximate surface area is 129 Å². The maximum absolute atomic E-state index is 12.4. The minimum atomic E-state index is -3.66. The van der Waals surface area contributed by atoms with E-state index in [1.165, 1.54) is 11.3 Å². The topological polar surface area (TPSA) is 92.3 Å². The van der Waals surface area contributed by atoms with Gasteiger partial charge in [-0.3, -0.25) is 0 Å². The van der Waals surface area contributed by atoms with Crippen molar-refractivity contribution >= 4 is 31.2 Å². The van der Waals surface area contributed by atoms with Gasteiger partial charge in [0.05, 0.1) is 16.4 Å². The fraction of sp³-hybridized carbons (Fsp3) is 0.667. The van der Waals surface area contributed by atoms with Crippen LogP contribution in [0.4, 0.5) is 0 Å². The smallest absolute Gasteiger partial charge is 0.241 e. The third-order valence-electron chi connectivity index (χ3n) is 3.32. The Bertz CT molecular complexity index is 707. The van der Waals surface area contributed by atoms with Crippen molar-refractivity contribution in [2.75, 3.05) is 18.1 Å². The van der Waals surface area contributed by atoms with Gasteiger partial charge in [0, 0.05) is 22.3 Å². The number of sulfonamides is 1. The van der Waals surface area contributed by atoms with Crippen LogP contribution in [0.5, 0.6) is 0 Å². The highest BCUT2D eigenvalue weighted by Crippen LogP contribution is 2.26. The first-order chi connectivity index (χ1) is 9.73. The number of rotatable bonds is 6. The van der Waals surface area contributed by atoms with Gasteiger partial charge in [-0.2, -0.15) is 0 Å². The molecule has 1 aliphatic heterocycles. The van der Waals surface area contributed by atoms with Crippen LogP contribution >= 0.6 is 11.3 Å². The molecule has 2 N–H and O–H groups in total. The lowest BCUT2D eigenvalue weighted by Crippen LogP contribution is -2.35. The Morgan fingerprint density at radius 1 is 1.43 bits per heavy atom. The molecule has 0 bridgehead atoms. The first kappa shape index (κ1) is 16.9. The lowest BCUT2D eigenvalue weighted by atomic mass is 10.3. The summed E-state index contributed by atoms with van der Waals surface area (Å²) in [5.74, 6) is -0.0614. The summed E-state index contributed by atoms with van der Waals surface area (Å²) in [5.41, 5.74) is 0. The van der Waals surface area contributed by atoms with Crippen LogP contribution < -0.4 is 10.0 Å². The van der Waals surface area contributed by atoms with E-state index in [1.54, 1.807) is 13.0 Å². The Balaban J connectivity index is 2.14. The van der Waals surface area contributed by atoms with Crippen LogP contribution in [0.2, 0.25) is 0 Å². The van der Waals surface area contributed by atoms with E-state index in [0.717, 1.165) is 16.3 Å². The maximum Gasteiger partial charge on any atom is 0.241 e. The molecule has 1 atom stereocenters. The average Bonchev–Trinajstić information content (AvgIpc) is 2.89. The third-order valence-corrected chi connectivity index (χ3v) is 7.91. The number of thiophene rings is 1. The number of sulfone groups is 1. The van der Waals surface area contributed by atoms with Gasteiger partial charge in [0.15, 0.2) is 9.84 Å². The first-order valence-corrected chi connectivity index (χ1v) is 10.9. The second-order valence-corrected chi connectivity index (χ2v) is 10.4. The Hall–Kier alpha value is -0.480. The Morgan fingerprint density at radius 2 is 2.14 bits per heavy atom. The zero-order valence-electron chi connectivity index (χ0n) is 12.0. The summed E-state index contributed by atoms with van der Waals surface area (Å²) >= 11 is 1.44. The van der Waals surface area contributed by atoms with Crippen LogP contribution in [-0.4, -0.2) is 40.9 Å². The molecule has 1 aromatic rings. The van der Waals surface area contributed by atoms with Gasteiger partial charge in [-0.15, -0.1) is 11.3 Å². The lowest BCUT2D eigenvalue weighted by Gasteiger charge is -2.11. The van der Waals surface area contributed by atoms with E-state index in [4.69, 9.17) is 0 Å². The second kappa shape index (κ2) is 6.33. The molecule has 120 valence electrons. The monoisotopic (exact) mass is 352 g/mol. The molecule has 1 aromatic heterocycles. The molecule has 1 saturated heterocycles. The third kappa shape index (κ3) is 4.26. The Morgan fingerprint density at radius 3 is 2.71 bits per heavy atom. The molecule has 21 heavy (non-hydrogen) atoms. The van der Waals surface area contributed by atoms with E-state index in [1.807, 2.05) is 6.92 Å². The van der Waals surface area contributed by atoms with Gasteiger partial charge in [-0.25, -0.2) is 21.6 Å². The summed E-state index contributed by atoms with van der Waals surface area (Å²) in [6.45, 7) is 5.20. The number of nitrogens with one attached hydrogen (secondary N) is 2. The van der Waals surface area contributed by atoms with E-state index >= 15 is 0 Å². The molecule has 2 heterocycles. The summed E-state index contributed by atoms with van der Waals surface area (Å²) in [5, 5.41) is 3.16. The highest BCUT2D eigenvalue weighted by atomic mass is 32.2. The predicted molar refractivity (Wildman–Crippen MR) is 83.8 cm³/mol. The van der Waals surface area contributed by atoms with Crippen molar-refractivity contribution in [3.05, 3.63) is 15.8 Å². The normalized spacial score (nSPS) is 21.7. The van der Waals surface area contributed by atoms with Gasteiger partial charge in [-0.05, 0) is 26.0 Å². The van der Waals surface area contributed by atoms with Crippen molar-refractivity contribution in [3.8, 4) is 0 Å². The maximum atomic E-state index is 12.4. The average molecular weight is 353 g/mol. The summed E-state index contributed by atoms with van der Waals surface area (Å²) < 4.78 is 50.1. The van der Waals surface area contributed by atoms with Crippen LogP contribution in [0, 0.1) is 6.92 Å². The quantitative estimate of drug-likeness (QED) is 0.783. The molecule has 0 radical (unpaired) electrons. The highest BCUT2D eigenvalue weighted by Gasteiger charge is 2.32. The van der Waals surface area contributed by atoms with Gasteiger partial charge < -0.3 is 5.32 Å². The molecule has 0 saturated carbocycles. The second-order valence-electron chi connectivity index (χ2n) is 5.13. The van der Waals surface area contributed by atoms with Crippen molar-refractivity contribution in [2.45, 2.75) is 37.8 Å². The van der Waals surface area contributed by atoms with E-state index in [9.17, 15) is 16.8 Å². The minimum absolute atomic E-state index is 0.0501. The van der Waals surface area contributed by atoms with Gasteiger partial charge in [-0.1, -0.05) is 6.92 Å². The largest absolute Gasteiger partial charge is 0.312 e. The highest BCUT2D eigenvalue weighted by molar-refractivity contribution is 7.92. The fourth-order valence-corrected chi connectivity index (χ4v) is 6.95. The Kier molecular flexibility index (Phi) is 5.09. The van der Waals surface area contributed by atoms with Crippen molar-refractivity contribution < 1.29 is 16.8 Å². The summed E-state index contributed by atoms with van der Waals surface area (Å²) in [6.07, 6.45) is 0.342. The standard InChI is InChI=1S/C12H20N2O4S3/c1-3-13-7-11-6-12(9(2)19-11)21(17,18)14-10-4-5-20(15,16)8-10/h6,10,13-14H,3-5,7-8H2,1-2H3. The van der Waals surface area contributed by atoms with E-state index in [-0.39, 0.29) is 16.4 Å².